The Morgan fingerprint density at radius 3 is 2.46 bits per heavy atom. The Morgan fingerprint density at radius 2 is 1.80 bits per heavy atom. The first kappa shape index (κ1) is 23.7. The van der Waals surface area contributed by atoms with Crippen LogP contribution < -0.4 is 15.4 Å². The number of carbonyl (C=O) groups is 2. The van der Waals surface area contributed by atoms with Crippen molar-refractivity contribution in [3.05, 3.63) is 65.5 Å². The Labute approximate surface area is 204 Å². The van der Waals surface area contributed by atoms with Crippen molar-refractivity contribution in [3.63, 3.8) is 0 Å². The van der Waals surface area contributed by atoms with Gasteiger partial charge >= 0.3 is 0 Å². The third kappa shape index (κ3) is 5.55. The molecule has 0 unspecified atom stereocenters. The van der Waals surface area contributed by atoms with Gasteiger partial charge < -0.3 is 15.4 Å². The molecule has 1 aliphatic heterocycles. The van der Waals surface area contributed by atoms with Crippen LogP contribution in [-0.4, -0.2) is 51.9 Å². The lowest BCUT2D eigenvalue weighted by Gasteiger charge is -2.12. The first-order valence-corrected chi connectivity index (χ1v) is 11.4. The van der Waals surface area contributed by atoms with E-state index in [1.54, 1.807) is 49.8 Å². The molecule has 178 valence electrons. The van der Waals surface area contributed by atoms with Crippen LogP contribution in [0.25, 0.3) is 0 Å². The van der Waals surface area contributed by atoms with E-state index in [0.717, 1.165) is 18.7 Å². The van der Waals surface area contributed by atoms with Crippen molar-refractivity contribution >= 4 is 29.3 Å². The topological polar surface area (TPSA) is 109 Å². The zero-order valence-electron chi connectivity index (χ0n) is 19.7. The summed E-state index contributed by atoms with van der Waals surface area (Å²) in [6.45, 7) is 3.15. The third-order valence-electron chi connectivity index (χ3n) is 5.32. The number of amides is 2. The molecule has 3 heterocycles. The lowest BCUT2D eigenvalue weighted by molar-refractivity contribution is 0.0653. The smallest absolute Gasteiger partial charge is 0.261 e. The van der Waals surface area contributed by atoms with Crippen molar-refractivity contribution in [2.45, 2.75) is 26.2 Å². The molecule has 0 saturated carbocycles. The Hall–Kier alpha value is -4.45. The summed E-state index contributed by atoms with van der Waals surface area (Å²) in [4.78, 5) is 39.3. The number of aromatic nitrogens is 3. The number of hydrogen-bond donors (Lipinski definition) is 2. The second-order valence-electron chi connectivity index (χ2n) is 7.81. The number of rotatable bonds is 9. The highest BCUT2D eigenvalue weighted by Crippen LogP contribution is 2.23. The molecule has 0 radical (unpaired) electrons. The summed E-state index contributed by atoms with van der Waals surface area (Å²) in [5.41, 5.74) is 2.34. The number of methoxy groups -OCH3 is 1. The van der Waals surface area contributed by atoms with Crippen molar-refractivity contribution < 1.29 is 14.3 Å². The highest BCUT2D eigenvalue weighted by molar-refractivity contribution is 6.21. The van der Waals surface area contributed by atoms with Crippen LogP contribution in [0.2, 0.25) is 0 Å². The van der Waals surface area contributed by atoms with Gasteiger partial charge in [-0.15, -0.1) is 0 Å². The molecule has 0 atom stereocenters. The van der Waals surface area contributed by atoms with E-state index >= 15 is 0 Å². The number of carbonyl (C=O) groups excluding carboxylic acids is 2. The van der Waals surface area contributed by atoms with E-state index in [4.69, 9.17) is 4.74 Å². The molecule has 2 amide bonds. The predicted octanol–water partition coefficient (Wildman–Crippen LogP) is 3.87. The van der Waals surface area contributed by atoms with Gasteiger partial charge in [-0.25, -0.2) is 9.97 Å². The second-order valence-corrected chi connectivity index (χ2v) is 7.81. The second kappa shape index (κ2) is 11.1. The fraction of sp³-hybridized carbons (Fsp3) is 0.269. The minimum atomic E-state index is -0.242. The van der Waals surface area contributed by atoms with E-state index in [0.29, 0.717) is 53.7 Å². The molecule has 1 aromatic carbocycles. The number of pyridine rings is 1. The van der Waals surface area contributed by atoms with Crippen molar-refractivity contribution in [2.24, 2.45) is 0 Å². The molecule has 1 aliphatic rings. The third-order valence-corrected chi connectivity index (χ3v) is 5.32. The zero-order chi connectivity index (χ0) is 24.6. The fourth-order valence-electron chi connectivity index (χ4n) is 3.54. The van der Waals surface area contributed by atoms with Crippen LogP contribution in [0.5, 0.6) is 5.88 Å². The molecule has 0 bridgehead atoms. The van der Waals surface area contributed by atoms with Crippen LogP contribution in [0, 0.1) is 11.8 Å². The van der Waals surface area contributed by atoms with Crippen LogP contribution in [0.1, 0.15) is 52.5 Å². The monoisotopic (exact) mass is 470 g/mol. The lowest BCUT2D eigenvalue weighted by atomic mass is 10.1. The molecular formula is C26H26N6O3. The van der Waals surface area contributed by atoms with Gasteiger partial charge in [-0.1, -0.05) is 30.9 Å². The fourth-order valence-corrected chi connectivity index (χ4v) is 3.54. The summed E-state index contributed by atoms with van der Waals surface area (Å²) in [5.74, 6) is 7.32. The molecule has 2 N–H and O–H groups in total. The van der Waals surface area contributed by atoms with Crippen molar-refractivity contribution in [2.75, 3.05) is 30.8 Å². The molecule has 0 aliphatic carbocycles. The summed E-state index contributed by atoms with van der Waals surface area (Å²) >= 11 is 0. The van der Waals surface area contributed by atoms with Crippen molar-refractivity contribution in [1.29, 1.82) is 0 Å². The maximum atomic E-state index is 12.5. The number of nitrogens with zero attached hydrogens (tertiary/aromatic N) is 4. The number of nitrogens with one attached hydrogen (secondary N) is 2. The van der Waals surface area contributed by atoms with Crippen LogP contribution in [0.4, 0.5) is 17.5 Å². The standard InChI is InChI=1S/C26H26N6O3/c1-3-14-27-23-18(16-29-26(31-23)30-19-12-13-22(35-2)28-17-19)9-5-4-8-15-32-24(33)20-10-6-7-11-21(20)25(32)34/h6-7,10-13,16-17H,3-4,8,14-15H2,1-2H3,(H2,27,29,30,31). The molecule has 35 heavy (non-hydrogen) atoms. The van der Waals surface area contributed by atoms with Crippen LogP contribution in [-0.2, 0) is 0 Å². The van der Waals surface area contributed by atoms with Crippen LogP contribution >= 0.6 is 0 Å². The number of ether oxygens (including phenoxy) is 1. The largest absolute Gasteiger partial charge is 0.481 e. The van der Waals surface area contributed by atoms with Gasteiger partial charge in [0.15, 0.2) is 0 Å². The highest BCUT2D eigenvalue weighted by atomic mass is 16.5. The van der Waals surface area contributed by atoms with Gasteiger partial charge in [0.1, 0.15) is 5.82 Å². The SMILES string of the molecule is CCCNc1nc(Nc2ccc(OC)nc2)ncc1C#CCCCN1C(=O)c2ccccc2C1=O. The van der Waals surface area contributed by atoms with Crippen molar-refractivity contribution in [3.8, 4) is 17.7 Å². The molecule has 0 saturated heterocycles. The van der Waals surface area contributed by atoms with Gasteiger partial charge in [0.05, 0.1) is 41.9 Å². The highest BCUT2D eigenvalue weighted by Gasteiger charge is 2.34. The van der Waals surface area contributed by atoms with Gasteiger partial charge in [-0.3, -0.25) is 14.5 Å². The number of anilines is 3. The van der Waals surface area contributed by atoms with E-state index in [9.17, 15) is 9.59 Å². The predicted molar refractivity (Wildman–Crippen MR) is 133 cm³/mol. The van der Waals surface area contributed by atoms with Gasteiger partial charge in [0.2, 0.25) is 11.8 Å². The van der Waals surface area contributed by atoms with E-state index in [2.05, 4.69) is 44.4 Å². The maximum Gasteiger partial charge on any atom is 0.261 e. The van der Waals surface area contributed by atoms with E-state index in [1.165, 1.54) is 4.90 Å². The zero-order valence-corrected chi connectivity index (χ0v) is 19.7. The molecule has 9 heteroatoms. The number of unbranched alkanes of at least 4 members (excludes halogenated alkanes) is 1. The van der Waals surface area contributed by atoms with Gasteiger partial charge in [-0.05, 0) is 31.0 Å². The Kier molecular flexibility index (Phi) is 7.53. The van der Waals surface area contributed by atoms with E-state index < -0.39 is 0 Å². The summed E-state index contributed by atoms with van der Waals surface area (Å²) in [5, 5.41) is 6.41. The summed E-state index contributed by atoms with van der Waals surface area (Å²) in [6.07, 6.45) is 5.35. The molecular weight excluding hydrogens is 444 g/mol. The number of hydrogen-bond acceptors (Lipinski definition) is 8. The minimum Gasteiger partial charge on any atom is -0.481 e. The Bertz CT molecular complexity index is 1250. The number of benzene rings is 1. The van der Waals surface area contributed by atoms with Crippen LogP contribution in [0.15, 0.2) is 48.8 Å². The first-order chi connectivity index (χ1) is 17.1. The van der Waals surface area contributed by atoms with Gasteiger partial charge in [-0.2, -0.15) is 4.98 Å². The normalized spacial score (nSPS) is 12.1. The van der Waals surface area contributed by atoms with Gasteiger partial charge in [0, 0.05) is 25.6 Å². The molecule has 0 fully saturated rings. The molecule has 0 spiro atoms. The summed E-state index contributed by atoms with van der Waals surface area (Å²) < 4.78 is 5.08. The molecule has 4 rings (SSSR count). The Morgan fingerprint density at radius 1 is 1.03 bits per heavy atom. The molecule has 3 aromatic rings. The van der Waals surface area contributed by atoms with E-state index in [-0.39, 0.29) is 11.8 Å². The lowest BCUT2D eigenvalue weighted by Crippen LogP contribution is -2.30. The number of imide groups is 1. The van der Waals surface area contributed by atoms with Gasteiger partial charge in [0.25, 0.3) is 11.8 Å². The quantitative estimate of drug-likeness (QED) is 0.276. The minimum absolute atomic E-state index is 0.242. The maximum absolute atomic E-state index is 12.5. The van der Waals surface area contributed by atoms with E-state index in [1.807, 2.05) is 6.07 Å². The average molecular weight is 471 g/mol. The molecule has 2 aromatic heterocycles. The first-order valence-electron chi connectivity index (χ1n) is 11.4. The molecule has 9 nitrogen and oxygen atoms in total. The average Bonchev–Trinajstić information content (AvgIpc) is 3.13. The van der Waals surface area contributed by atoms with Crippen LogP contribution in [0.3, 0.4) is 0 Å². The Balaban J connectivity index is 1.38. The van der Waals surface area contributed by atoms with Crippen molar-refractivity contribution in [1.82, 2.24) is 19.9 Å². The summed E-state index contributed by atoms with van der Waals surface area (Å²) in [7, 11) is 1.56. The number of fused-ring (bicyclic) bond motifs is 1. The summed E-state index contributed by atoms with van der Waals surface area (Å²) in [6, 6.07) is 10.5.